The highest BCUT2D eigenvalue weighted by Crippen LogP contribution is 2.25. The van der Waals surface area contributed by atoms with Crippen molar-refractivity contribution in [2.75, 3.05) is 40.4 Å². The molecule has 25 heavy (non-hydrogen) atoms. The number of aromatic amines is 1. The van der Waals surface area contributed by atoms with Gasteiger partial charge in [0.15, 0.2) is 0 Å². The smallest absolute Gasteiger partial charge is 0.257 e. The maximum absolute atomic E-state index is 12.8. The molecule has 7 nitrogen and oxygen atoms in total. The monoisotopic (exact) mass is 343 g/mol. The first-order valence-corrected chi connectivity index (χ1v) is 8.07. The van der Waals surface area contributed by atoms with Crippen LogP contribution in [0.1, 0.15) is 20.7 Å². The Balaban J connectivity index is 1.68. The second kappa shape index (κ2) is 7.29. The molecule has 0 spiro atoms. The van der Waals surface area contributed by atoms with Crippen LogP contribution >= 0.6 is 0 Å². The number of carbonyl (C=O) groups excluding carboxylic acids is 2. The molecule has 0 aliphatic carbocycles. The summed E-state index contributed by atoms with van der Waals surface area (Å²) in [5.74, 6) is 0.971. The van der Waals surface area contributed by atoms with Crippen LogP contribution in [0.2, 0.25) is 0 Å². The highest BCUT2D eigenvalue weighted by atomic mass is 16.5. The molecular weight excluding hydrogens is 322 g/mol. The lowest BCUT2D eigenvalue weighted by Gasteiger charge is -2.35. The van der Waals surface area contributed by atoms with Crippen molar-refractivity contribution in [1.82, 2.24) is 14.8 Å². The van der Waals surface area contributed by atoms with Crippen molar-refractivity contribution in [3.05, 3.63) is 47.8 Å². The maximum Gasteiger partial charge on any atom is 0.257 e. The molecule has 1 saturated heterocycles. The molecule has 7 heteroatoms. The number of hydrogen-bond donors (Lipinski definition) is 1. The lowest BCUT2D eigenvalue weighted by Crippen LogP contribution is -2.50. The largest absolute Gasteiger partial charge is 0.497 e. The Morgan fingerprint density at radius 1 is 0.960 bits per heavy atom. The van der Waals surface area contributed by atoms with E-state index >= 15 is 0 Å². The van der Waals surface area contributed by atoms with Gasteiger partial charge in [-0.3, -0.25) is 9.59 Å². The fraction of sp³-hybridized carbons (Fsp3) is 0.333. The van der Waals surface area contributed by atoms with Crippen LogP contribution in [0.15, 0.2) is 36.7 Å². The van der Waals surface area contributed by atoms with Crippen molar-refractivity contribution in [2.45, 2.75) is 0 Å². The quantitative estimate of drug-likeness (QED) is 0.916. The topological polar surface area (TPSA) is 74.9 Å². The second-order valence-corrected chi connectivity index (χ2v) is 5.75. The minimum absolute atomic E-state index is 0.0210. The summed E-state index contributed by atoms with van der Waals surface area (Å²) in [4.78, 5) is 31.6. The molecule has 1 aromatic carbocycles. The van der Waals surface area contributed by atoms with E-state index in [1.165, 1.54) is 7.11 Å². The summed E-state index contributed by atoms with van der Waals surface area (Å²) in [5.41, 5.74) is 1.10. The van der Waals surface area contributed by atoms with Gasteiger partial charge in [-0.1, -0.05) is 0 Å². The molecule has 0 radical (unpaired) electrons. The van der Waals surface area contributed by atoms with Crippen LogP contribution in [-0.2, 0) is 0 Å². The van der Waals surface area contributed by atoms with Crippen LogP contribution in [0, 0.1) is 0 Å². The number of nitrogens with zero attached hydrogens (tertiary/aromatic N) is 2. The van der Waals surface area contributed by atoms with Crippen molar-refractivity contribution in [3.8, 4) is 11.5 Å². The number of hydrogen-bond acceptors (Lipinski definition) is 4. The average Bonchev–Trinajstić information content (AvgIpc) is 3.21. The van der Waals surface area contributed by atoms with E-state index in [1.54, 1.807) is 53.6 Å². The van der Waals surface area contributed by atoms with Crippen LogP contribution in [0.25, 0.3) is 0 Å². The summed E-state index contributed by atoms with van der Waals surface area (Å²) in [5, 5.41) is 0. The Hall–Kier alpha value is -2.96. The van der Waals surface area contributed by atoms with Gasteiger partial charge in [0.25, 0.3) is 11.8 Å². The van der Waals surface area contributed by atoms with E-state index in [2.05, 4.69) is 4.98 Å². The van der Waals surface area contributed by atoms with Gasteiger partial charge in [0.1, 0.15) is 11.5 Å². The van der Waals surface area contributed by atoms with Gasteiger partial charge in [0.2, 0.25) is 0 Å². The molecule has 132 valence electrons. The van der Waals surface area contributed by atoms with Crippen molar-refractivity contribution < 1.29 is 19.1 Å². The molecule has 2 aromatic rings. The van der Waals surface area contributed by atoms with Gasteiger partial charge in [-0.25, -0.2) is 0 Å². The molecule has 1 N–H and O–H groups in total. The van der Waals surface area contributed by atoms with Crippen LogP contribution in [0.5, 0.6) is 11.5 Å². The van der Waals surface area contributed by atoms with Crippen LogP contribution < -0.4 is 9.47 Å². The fourth-order valence-electron chi connectivity index (χ4n) is 2.90. The zero-order chi connectivity index (χ0) is 17.8. The Morgan fingerprint density at radius 2 is 1.64 bits per heavy atom. The first-order valence-electron chi connectivity index (χ1n) is 8.07. The van der Waals surface area contributed by atoms with Gasteiger partial charge in [-0.05, 0) is 24.3 Å². The van der Waals surface area contributed by atoms with E-state index in [0.717, 1.165) is 0 Å². The molecule has 1 fully saturated rings. The number of nitrogens with one attached hydrogen (secondary N) is 1. The van der Waals surface area contributed by atoms with E-state index in [1.807, 2.05) is 0 Å². The zero-order valence-electron chi connectivity index (χ0n) is 14.3. The molecule has 1 aliphatic rings. The van der Waals surface area contributed by atoms with Gasteiger partial charge in [-0.15, -0.1) is 0 Å². The Morgan fingerprint density at radius 3 is 2.20 bits per heavy atom. The number of aromatic nitrogens is 1. The summed E-state index contributed by atoms with van der Waals surface area (Å²) in [6.07, 6.45) is 3.41. The molecule has 2 heterocycles. The number of methoxy groups -OCH3 is 2. The number of amides is 2. The van der Waals surface area contributed by atoms with Crippen molar-refractivity contribution in [2.24, 2.45) is 0 Å². The van der Waals surface area contributed by atoms with Gasteiger partial charge < -0.3 is 24.3 Å². The molecule has 3 rings (SSSR count). The third kappa shape index (κ3) is 3.45. The van der Waals surface area contributed by atoms with Crippen molar-refractivity contribution >= 4 is 11.8 Å². The molecule has 0 saturated carbocycles. The highest BCUT2D eigenvalue weighted by molar-refractivity contribution is 5.98. The normalized spacial score (nSPS) is 14.3. The van der Waals surface area contributed by atoms with E-state index in [-0.39, 0.29) is 11.8 Å². The standard InChI is InChI=1S/C18H21N3O4/c1-24-14-3-4-16(25-2)15(11-14)18(23)21-9-7-20(8-10-21)17(22)13-5-6-19-12-13/h3-6,11-12,19H,7-10H2,1-2H3. The molecule has 1 aliphatic heterocycles. The number of ether oxygens (including phenoxy) is 2. The molecule has 2 amide bonds. The minimum atomic E-state index is -0.121. The summed E-state index contributed by atoms with van der Waals surface area (Å²) >= 11 is 0. The van der Waals surface area contributed by atoms with E-state index < -0.39 is 0 Å². The first kappa shape index (κ1) is 16.9. The minimum Gasteiger partial charge on any atom is -0.497 e. The van der Waals surface area contributed by atoms with E-state index in [4.69, 9.17) is 9.47 Å². The summed E-state index contributed by atoms with van der Waals surface area (Å²) in [6.45, 7) is 1.97. The third-order valence-electron chi connectivity index (χ3n) is 4.34. The Labute approximate surface area is 146 Å². The SMILES string of the molecule is COc1ccc(OC)c(C(=O)N2CCN(C(=O)c3cc[nH]c3)CC2)c1. The third-order valence-corrected chi connectivity index (χ3v) is 4.34. The van der Waals surface area contributed by atoms with Crippen LogP contribution in [0.4, 0.5) is 0 Å². The number of carbonyl (C=O) groups is 2. The summed E-state index contributed by atoms with van der Waals surface area (Å²) < 4.78 is 10.5. The number of benzene rings is 1. The molecule has 0 unspecified atom stereocenters. The number of piperazine rings is 1. The van der Waals surface area contributed by atoms with Gasteiger partial charge in [0, 0.05) is 38.6 Å². The lowest BCUT2D eigenvalue weighted by atomic mass is 10.1. The van der Waals surface area contributed by atoms with Gasteiger partial charge >= 0.3 is 0 Å². The van der Waals surface area contributed by atoms with E-state index in [9.17, 15) is 9.59 Å². The predicted octanol–water partition coefficient (Wildman–Crippen LogP) is 1.63. The molecule has 0 atom stereocenters. The lowest BCUT2D eigenvalue weighted by molar-refractivity contribution is 0.0533. The zero-order valence-corrected chi connectivity index (χ0v) is 14.3. The molecule has 1 aromatic heterocycles. The summed E-state index contributed by atoms with van der Waals surface area (Å²) in [7, 11) is 3.09. The molecular formula is C18H21N3O4. The molecule has 0 bridgehead atoms. The number of rotatable bonds is 4. The highest BCUT2D eigenvalue weighted by Gasteiger charge is 2.27. The first-order chi connectivity index (χ1) is 12.1. The summed E-state index contributed by atoms with van der Waals surface area (Å²) in [6, 6.07) is 6.90. The predicted molar refractivity (Wildman–Crippen MR) is 92.1 cm³/mol. The Bertz CT molecular complexity index is 750. The van der Waals surface area contributed by atoms with Gasteiger partial charge in [0.05, 0.1) is 25.3 Å². The van der Waals surface area contributed by atoms with Crippen molar-refractivity contribution in [3.63, 3.8) is 0 Å². The van der Waals surface area contributed by atoms with Crippen molar-refractivity contribution in [1.29, 1.82) is 0 Å². The second-order valence-electron chi connectivity index (χ2n) is 5.75. The Kier molecular flexibility index (Phi) is 4.92. The van der Waals surface area contributed by atoms with Crippen LogP contribution in [-0.4, -0.2) is 67.0 Å². The maximum atomic E-state index is 12.8. The van der Waals surface area contributed by atoms with E-state index in [0.29, 0.717) is 48.8 Å². The fourth-order valence-corrected chi connectivity index (χ4v) is 2.90. The number of H-pyrrole nitrogens is 1. The van der Waals surface area contributed by atoms with Crippen LogP contribution in [0.3, 0.4) is 0 Å². The van der Waals surface area contributed by atoms with Gasteiger partial charge in [-0.2, -0.15) is 0 Å². The average molecular weight is 343 g/mol.